The maximum atomic E-state index is 10.6. The highest BCUT2D eigenvalue weighted by Crippen LogP contribution is 2.36. The fourth-order valence-electron chi connectivity index (χ4n) is 0.825. The SMILES string of the molecule is CC1=[N+](P(=O)(O)O)CCO1. The Morgan fingerprint density at radius 1 is 1.70 bits per heavy atom. The van der Waals surface area contributed by atoms with E-state index in [2.05, 4.69) is 0 Å². The Morgan fingerprint density at radius 2 is 2.30 bits per heavy atom. The van der Waals surface area contributed by atoms with Crippen LogP contribution in [0.5, 0.6) is 0 Å². The average molecular weight is 166 g/mol. The van der Waals surface area contributed by atoms with E-state index in [9.17, 15) is 4.57 Å². The van der Waals surface area contributed by atoms with Crippen LogP contribution in [0.4, 0.5) is 0 Å². The number of hydrogen-bond acceptors (Lipinski definition) is 2. The van der Waals surface area contributed by atoms with Gasteiger partial charge in [-0.05, 0) is 0 Å². The first-order chi connectivity index (χ1) is 4.52. The monoisotopic (exact) mass is 166 g/mol. The Balaban J connectivity index is 2.92. The standard InChI is InChI=1S/C4H8NO4P/c1-4-5(2-3-9-4)10(6,7)8/h2-3H2,1H3,(H-,6,7,8)/p+1. The molecular weight excluding hydrogens is 157 g/mol. The lowest BCUT2D eigenvalue weighted by atomic mass is 10.7. The van der Waals surface area contributed by atoms with E-state index >= 15 is 0 Å². The van der Waals surface area contributed by atoms with Crippen LogP contribution >= 0.6 is 7.75 Å². The van der Waals surface area contributed by atoms with Gasteiger partial charge < -0.3 is 4.74 Å². The van der Waals surface area contributed by atoms with Gasteiger partial charge in [-0.3, -0.25) is 9.79 Å². The Hall–Kier alpha value is -0.380. The van der Waals surface area contributed by atoms with Crippen LogP contribution in [-0.4, -0.2) is 33.2 Å². The summed E-state index contributed by atoms with van der Waals surface area (Å²) in [5, 5.41) is 0. The second kappa shape index (κ2) is 2.34. The minimum absolute atomic E-state index is 0.274. The summed E-state index contributed by atoms with van der Waals surface area (Å²) in [5.41, 5.74) is 0. The van der Waals surface area contributed by atoms with Crippen LogP contribution in [0.2, 0.25) is 0 Å². The van der Waals surface area contributed by atoms with E-state index in [1.807, 2.05) is 0 Å². The van der Waals surface area contributed by atoms with Crippen molar-refractivity contribution in [1.82, 2.24) is 0 Å². The van der Waals surface area contributed by atoms with Crippen molar-refractivity contribution in [2.45, 2.75) is 6.92 Å². The second-order valence-electron chi connectivity index (χ2n) is 2.00. The van der Waals surface area contributed by atoms with E-state index in [4.69, 9.17) is 14.5 Å². The molecule has 0 unspecified atom stereocenters. The highest BCUT2D eigenvalue weighted by molar-refractivity contribution is 7.45. The maximum Gasteiger partial charge on any atom is 0.605 e. The van der Waals surface area contributed by atoms with Gasteiger partial charge in [-0.2, -0.15) is 4.57 Å². The van der Waals surface area contributed by atoms with Crippen molar-refractivity contribution in [3.8, 4) is 0 Å². The van der Waals surface area contributed by atoms with Crippen molar-refractivity contribution in [2.24, 2.45) is 0 Å². The minimum atomic E-state index is -4.10. The van der Waals surface area contributed by atoms with Crippen molar-refractivity contribution in [2.75, 3.05) is 13.2 Å². The van der Waals surface area contributed by atoms with Crippen LogP contribution < -0.4 is 0 Å². The predicted octanol–water partition coefficient (Wildman–Crippen LogP) is -0.460. The summed E-state index contributed by atoms with van der Waals surface area (Å²) in [6.45, 7) is 2.17. The molecule has 0 aromatic rings. The molecule has 0 bridgehead atoms. The van der Waals surface area contributed by atoms with E-state index in [-0.39, 0.29) is 6.54 Å². The first kappa shape index (κ1) is 7.72. The summed E-state index contributed by atoms with van der Waals surface area (Å²) in [5.74, 6) is 0.299. The zero-order chi connectivity index (χ0) is 7.78. The summed E-state index contributed by atoms with van der Waals surface area (Å²) in [4.78, 5) is 17.2. The fourth-order valence-corrected chi connectivity index (χ4v) is 1.59. The lowest BCUT2D eigenvalue weighted by molar-refractivity contribution is -0.386. The van der Waals surface area contributed by atoms with Gasteiger partial charge in [0.1, 0.15) is 0 Å². The van der Waals surface area contributed by atoms with Gasteiger partial charge in [0, 0.05) is 0 Å². The molecule has 0 fully saturated rings. The average Bonchev–Trinajstić information content (AvgIpc) is 2.11. The first-order valence-electron chi connectivity index (χ1n) is 2.82. The van der Waals surface area contributed by atoms with Crippen LogP contribution in [0.3, 0.4) is 0 Å². The third-order valence-electron chi connectivity index (χ3n) is 1.29. The van der Waals surface area contributed by atoms with Crippen molar-refractivity contribution in [3.63, 3.8) is 0 Å². The fraction of sp³-hybridized carbons (Fsp3) is 0.750. The molecule has 0 radical (unpaired) electrons. The molecule has 0 amide bonds. The van der Waals surface area contributed by atoms with Crippen LogP contribution in [0.15, 0.2) is 0 Å². The van der Waals surface area contributed by atoms with Gasteiger partial charge in [0.05, 0.1) is 6.92 Å². The molecule has 6 heteroatoms. The van der Waals surface area contributed by atoms with Gasteiger partial charge in [0.15, 0.2) is 13.2 Å². The van der Waals surface area contributed by atoms with E-state index in [1.54, 1.807) is 0 Å². The van der Waals surface area contributed by atoms with Gasteiger partial charge in [-0.15, -0.1) is 4.35 Å². The highest BCUT2D eigenvalue weighted by atomic mass is 31.2. The normalized spacial score (nSPS) is 19.5. The van der Waals surface area contributed by atoms with Crippen LogP contribution in [0.1, 0.15) is 6.92 Å². The molecule has 0 saturated carbocycles. The second-order valence-corrected chi connectivity index (χ2v) is 3.51. The molecule has 0 aromatic carbocycles. The highest BCUT2D eigenvalue weighted by Gasteiger charge is 2.36. The third kappa shape index (κ3) is 1.37. The van der Waals surface area contributed by atoms with Crippen molar-refractivity contribution in [3.05, 3.63) is 0 Å². The molecule has 1 aliphatic rings. The van der Waals surface area contributed by atoms with Crippen LogP contribution in [0.25, 0.3) is 0 Å². The summed E-state index contributed by atoms with van der Waals surface area (Å²) in [6.07, 6.45) is 0. The summed E-state index contributed by atoms with van der Waals surface area (Å²) in [7, 11) is -4.10. The summed E-state index contributed by atoms with van der Waals surface area (Å²) < 4.78 is 16.4. The molecule has 2 N–H and O–H groups in total. The zero-order valence-corrected chi connectivity index (χ0v) is 6.41. The van der Waals surface area contributed by atoms with Crippen molar-refractivity contribution in [1.29, 1.82) is 0 Å². The first-order valence-corrected chi connectivity index (χ1v) is 4.38. The summed E-state index contributed by atoms with van der Waals surface area (Å²) in [6, 6.07) is 0. The Bertz CT molecular complexity index is 217. The molecule has 1 aliphatic heterocycles. The van der Waals surface area contributed by atoms with E-state index in [1.165, 1.54) is 6.92 Å². The third-order valence-corrected chi connectivity index (χ3v) is 2.40. The number of ether oxygens (including phenoxy) is 1. The van der Waals surface area contributed by atoms with Gasteiger partial charge in [0.25, 0.3) is 0 Å². The molecule has 5 nitrogen and oxygen atoms in total. The van der Waals surface area contributed by atoms with Crippen LogP contribution in [-0.2, 0) is 9.30 Å². The van der Waals surface area contributed by atoms with Crippen LogP contribution in [0, 0.1) is 0 Å². The lowest BCUT2D eigenvalue weighted by Gasteiger charge is -1.95. The smallest absolute Gasteiger partial charge is 0.441 e. The Labute approximate surface area is 58.2 Å². The lowest BCUT2D eigenvalue weighted by Crippen LogP contribution is -2.09. The maximum absolute atomic E-state index is 10.6. The molecule has 0 atom stereocenters. The molecule has 0 aromatic heterocycles. The van der Waals surface area contributed by atoms with E-state index in [0.717, 1.165) is 4.35 Å². The number of nitrogens with zero attached hydrogens (tertiary/aromatic N) is 1. The molecule has 58 valence electrons. The largest absolute Gasteiger partial charge is 0.605 e. The predicted molar refractivity (Wildman–Crippen MR) is 33.8 cm³/mol. The summed E-state index contributed by atoms with van der Waals surface area (Å²) >= 11 is 0. The van der Waals surface area contributed by atoms with Gasteiger partial charge in [-0.1, -0.05) is 0 Å². The van der Waals surface area contributed by atoms with E-state index in [0.29, 0.717) is 12.5 Å². The zero-order valence-electron chi connectivity index (χ0n) is 5.52. The number of rotatable bonds is 1. The molecule has 1 heterocycles. The van der Waals surface area contributed by atoms with Gasteiger partial charge >= 0.3 is 13.6 Å². The van der Waals surface area contributed by atoms with E-state index < -0.39 is 7.75 Å². The molecule has 1 rings (SSSR count). The van der Waals surface area contributed by atoms with Crippen molar-refractivity contribution < 1.29 is 23.4 Å². The Morgan fingerprint density at radius 3 is 2.50 bits per heavy atom. The molecule has 0 aliphatic carbocycles. The molecule has 0 spiro atoms. The van der Waals surface area contributed by atoms with Crippen molar-refractivity contribution >= 4 is 13.6 Å². The quantitative estimate of drug-likeness (QED) is 0.517. The molecular formula is C4H9NO4P+. The molecule has 10 heavy (non-hydrogen) atoms. The van der Waals surface area contributed by atoms with Gasteiger partial charge in [0.2, 0.25) is 0 Å². The van der Waals surface area contributed by atoms with Gasteiger partial charge in [-0.25, -0.2) is 0 Å². The number of hydrogen-bond donors (Lipinski definition) is 2. The minimum Gasteiger partial charge on any atom is -0.441 e. The topological polar surface area (TPSA) is 69.8 Å². The Kier molecular flexibility index (Phi) is 1.81. The molecule has 0 saturated heterocycles.